The van der Waals surface area contributed by atoms with Crippen molar-refractivity contribution >= 4 is 27.7 Å². The Morgan fingerprint density at radius 2 is 2.17 bits per heavy atom. The molecule has 0 radical (unpaired) electrons. The third kappa shape index (κ3) is 3.55. The number of hydrogen-bond donors (Lipinski definition) is 2. The van der Waals surface area contributed by atoms with Crippen molar-refractivity contribution in [3.63, 3.8) is 0 Å². The van der Waals surface area contributed by atoms with Gasteiger partial charge in [-0.25, -0.2) is 4.98 Å². The van der Waals surface area contributed by atoms with Crippen molar-refractivity contribution in [1.82, 2.24) is 14.9 Å². The Morgan fingerprint density at radius 3 is 2.83 bits per heavy atom. The van der Waals surface area contributed by atoms with E-state index in [0.717, 1.165) is 42.8 Å². The van der Waals surface area contributed by atoms with Gasteiger partial charge in [0.1, 0.15) is 5.82 Å². The summed E-state index contributed by atoms with van der Waals surface area (Å²) in [6.07, 6.45) is 4.11. The van der Waals surface area contributed by atoms with Crippen LogP contribution in [0, 0.1) is 0 Å². The van der Waals surface area contributed by atoms with E-state index in [1.807, 2.05) is 6.92 Å². The maximum Gasteiger partial charge on any atom is 0.224 e. The van der Waals surface area contributed by atoms with Crippen LogP contribution in [0.1, 0.15) is 19.8 Å². The lowest BCUT2D eigenvalue weighted by Crippen LogP contribution is -2.37. The van der Waals surface area contributed by atoms with Crippen LogP contribution >= 0.6 is 15.9 Å². The molecule has 0 atom stereocenters. The minimum absolute atomic E-state index is 0.502. The molecule has 1 saturated heterocycles. The molecule has 0 aromatic carbocycles. The Morgan fingerprint density at radius 1 is 1.44 bits per heavy atom. The van der Waals surface area contributed by atoms with E-state index in [4.69, 9.17) is 0 Å². The van der Waals surface area contributed by atoms with Gasteiger partial charge in [0.15, 0.2) is 0 Å². The lowest BCUT2D eigenvalue weighted by atomic mass is 10.1. The monoisotopic (exact) mass is 313 g/mol. The molecule has 0 spiro atoms. The van der Waals surface area contributed by atoms with Crippen LogP contribution in [0.2, 0.25) is 0 Å². The molecule has 1 aliphatic heterocycles. The number of hydrogen-bond acceptors (Lipinski definition) is 5. The highest BCUT2D eigenvalue weighted by atomic mass is 79.9. The lowest BCUT2D eigenvalue weighted by molar-refractivity contribution is 0.263. The van der Waals surface area contributed by atoms with Gasteiger partial charge in [-0.1, -0.05) is 0 Å². The van der Waals surface area contributed by atoms with Crippen LogP contribution in [0.5, 0.6) is 0 Å². The van der Waals surface area contributed by atoms with E-state index in [-0.39, 0.29) is 0 Å². The maximum absolute atomic E-state index is 4.48. The molecule has 5 nitrogen and oxygen atoms in total. The number of halogens is 1. The standard InChI is InChI=1S/C12H20BrN5/c1-3-14-12-15-8-10(13)11(17-12)16-9-4-6-18(2)7-5-9/h8-9H,3-7H2,1-2H3,(H2,14,15,16,17). The fraction of sp³-hybridized carbons (Fsp3) is 0.667. The van der Waals surface area contributed by atoms with Gasteiger partial charge < -0.3 is 15.5 Å². The minimum Gasteiger partial charge on any atom is -0.366 e. The molecule has 2 N–H and O–H groups in total. The number of aromatic nitrogens is 2. The summed E-state index contributed by atoms with van der Waals surface area (Å²) in [7, 11) is 2.17. The molecule has 0 aliphatic carbocycles. The summed E-state index contributed by atoms with van der Waals surface area (Å²) < 4.78 is 0.920. The summed E-state index contributed by atoms with van der Waals surface area (Å²) >= 11 is 3.49. The Bertz CT molecular complexity index is 390. The second-order valence-corrected chi connectivity index (χ2v) is 5.50. The van der Waals surface area contributed by atoms with Crippen molar-refractivity contribution in [2.24, 2.45) is 0 Å². The van der Waals surface area contributed by atoms with Crippen LogP contribution in [0.15, 0.2) is 10.7 Å². The zero-order valence-electron chi connectivity index (χ0n) is 10.9. The van der Waals surface area contributed by atoms with Crippen LogP contribution in [-0.2, 0) is 0 Å². The number of anilines is 2. The molecule has 18 heavy (non-hydrogen) atoms. The summed E-state index contributed by atoms with van der Waals surface area (Å²) in [6, 6.07) is 0.502. The molecular weight excluding hydrogens is 294 g/mol. The third-order valence-corrected chi connectivity index (χ3v) is 3.72. The molecule has 0 unspecified atom stereocenters. The van der Waals surface area contributed by atoms with Crippen molar-refractivity contribution in [3.05, 3.63) is 10.7 Å². The average molecular weight is 314 g/mol. The summed E-state index contributed by atoms with van der Waals surface area (Å²) in [5.41, 5.74) is 0. The van der Waals surface area contributed by atoms with E-state index in [9.17, 15) is 0 Å². The SMILES string of the molecule is CCNc1ncc(Br)c(NC2CCN(C)CC2)n1. The molecule has 0 saturated carbocycles. The minimum atomic E-state index is 0.502. The van der Waals surface area contributed by atoms with Crippen LogP contribution in [-0.4, -0.2) is 47.6 Å². The van der Waals surface area contributed by atoms with E-state index in [0.29, 0.717) is 12.0 Å². The third-order valence-electron chi connectivity index (χ3n) is 3.14. The molecular formula is C12H20BrN5. The highest BCUT2D eigenvalue weighted by molar-refractivity contribution is 9.10. The van der Waals surface area contributed by atoms with Gasteiger partial charge in [-0.2, -0.15) is 4.98 Å². The fourth-order valence-corrected chi connectivity index (χ4v) is 2.36. The van der Waals surface area contributed by atoms with E-state index in [1.165, 1.54) is 0 Å². The van der Waals surface area contributed by atoms with Crippen molar-refractivity contribution in [2.75, 3.05) is 37.3 Å². The van der Waals surface area contributed by atoms with E-state index >= 15 is 0 Å². The quantitative estimate of drug-likeness (QED) is 0.892. The second kappa shape index (κ2) is 6.33. The van der Waals surface area contributed by atoms with Crippen molar-refractivity contribution in [2.45, 2.75) is 25.8 Å². The fourth-order valence-electron chi connectivity index (χ4n) is 2.06. The van der Waals surface area contributed by atoms with Crippen molar-refractivity contribution in [1.29, 1.82) is 0 Å². The predicted molar refractivity (Wildman–Crippen MR) is 78.0 cm³/mol. The lowest BCUT2D eigenvalue weighted by Gasteiger charge is -2.30. The largest absolute Gasteiger partial charge is 0.366 e. The highest BCUT2D eigenvalue weighted by Gasteiger charge is 2.18. The summed E-state index contributed by atoms with van der Waals surface area (Å²) in [5.74, 6) is 1.56. The molecule has 1 fully saturated rings. The highest BCUT2D eigenvalue weighted by Crippen LogP contribution is 2.23. The molecule has 2 heterocycles. The van der Waals surface area contributed by atoms with E-state index in [2.05, 4.69) is 48.5 Å². The van der Waals surface area contributed by atoms with Crippen molar-refractivity contribution < 1.29 is 0 Å². The maximum atomic E-state index is 4.48. The first kappa shape index (κ1) is 13.5. The summed E-state index contributed by atoms with van der Waals surface area (Å²) in [5, 5.41) is 6.63. The molecule has 1 aromatic rings. The van der Waals surface area contributed by atoms with Crippen LogP contribution in [0.25, 0.3) is 0 Å². The average Bonchev–Trinajstić information content (AvgIpc) is 2.36. The second-order valence-electron chi connectivity index (χ2n) is 4.64. The first-order valence-electron chi connectivity index (χ1n) is 6.40. The molecule has 6 heteroatoms. The predicted octanol–water partition coefficient (Wildman–Crippen LogP) is 2.18. The number of nitrogens with zero attached hydrogens (tertiary/aromatic N) is 3. The number of piperidine rings is 1. The van der Waals surface area contributed by atoms with Crippen molar-refractivity contribution in [3.8, 4) is 0 Å². The Balaban J connectivity index is 2.01. The smallest absolute Gasteiger partial charge is 0.224 e. The molecule has 2 rings (SSSR count). The number of likely N-dealkylation sites (tertiary alicyclic amines) is 1. The van der Waals surface area contributed by atoms with Gasteiger partial charge in [0.05, 0.1) is 4.47 Å². The first-order valence-corrected chi connectivity index (χ1v) is 7.20. The van der Waals surface area contributed by atoms with Gasteiger partial charge >= 0.3 is 0 Å². The Kier molecular flexibility index (Phi) is 4.77. The van der Waals surface area contributed by atoms with E-state index < -0.39 is 0 Å². The molecule has 100 valence electrons. The van der Waals surface area contributed by atoms with Gasteiger partial charge in [0.2, 0.25) is 5.95 Å². The first-order chi connectivity index (χ1) is 8.69. The van der Waals surface area contributed by atoms with Crippen LogP contribution < -0.4 is 10.6 Å². The van der Waals surface area contributed by atoms with Crippen LogP contribution in [0.3, 0.4) is 0 Å². The molecule has 0 amide bonds. The number of nitrogens with one attached hydrogen (secondary N) is 2. The Labute approximate surface area is 117 Å². The van der Waals surface area contributed by atoms with E-state index in [1.54, 1.807) is 6.20 Å². The normalized spacial score (nSPS) is 17.7. The zero-order valence-corrected chi connectivity index (χ0v) is 12.5. The van der Waals surface area contributed by atoms with Crippen LogP contribution in [0.4, 0.5) is 11.8 Å². The van der Waals surface area contributed by atoms with Gasteiger partial charge in [-0.05, 0) is 55.8 Å². The molecule has 1 aliphatic rings. The Hall–Kier alpha value is -0.880. The van der Waals surface area contributed by atoms with Gasteiger partial charge in [-0.15, -0.1) is 0 Å². The molecule has 1 aromatic heterocycles. The number of rotatable bonds is 4. The zero-order chi connectivity index (χ0) is 13.0. The summed E-state index contributed by atoms with van der Waals surface area (Å²) in [6.45, 7) is 5.14. The van der Waals surface area contributed by atoms with Gasteiger partial charge in [-0.3, -0.25) is 0 Å². The summed E-state index contributed by atoms with van der Waals surface area (Å²) in [4.78, 5) is 11.1. The molecule has 0 bridgehead atoms. The topological polar surface area (TPSA) is 53.1 Å². The van der Waals surface area contributed by atoms with Gasteiger partial charge in [0.25, 0.3) is 0 Å². The van der Waals surface area contributed by atoms with Gasteiger partial charge in [0, 0.05) is 18.8 Å².